The summed E-state index contributed by atoms with van der Waals surface area (Å²) in [7, 11) is 0. The van der Waals surface area contributed by atoms with Crippen molar-refractivity contribution < 1.29 is 0 Å². The van der Waals surface area contributed by atoms with Gasteiger partial charge < -0.3 is 5.32 Å². The van der Waals surface area contributed by atoms with Gasteiger partial charge in [0.2, 0.25) is 0 Å². The first-order valence-electron chi connectivity index (χ1n) is 6.91. The highest BCUT2D eigenvalue weighted by molar-refractivity contribution is 7.10. The molecular weight excluding hydrogens is 272 g/mol. The first kappa shape index (κ1) is 13.3. The topological polar surface area (TPSA) is 15.3 Å². The van der Waals surface area contributed by atoms with Crippen LogP contribution in [0.4, 0.5) is 0 Å². The number of nitrogens with one attached hydrogen (secondary N) is 1. The highest BCUT2D eigenvalue weighted by Gasteiger charge is 2.28. The predicted molar refractivity (Wildman–Crippen MR) is 83.8 cm³/mol. The molecule has 2 aromatic rings. The zero-order chi connectivity index (χ0) is 12.9. The molecule has 2 heterocycles. The van der Waals surface area contributed by atoms with E-state index < -0.39 is 0 Å². The van der Waals surface area contributed by atoms with Crippen molar-refractivity contribution >= 4 is 22.7 Å². The Balaban J connectivity index is 1.41. The van der Waals surface area contributed by atoms with Crippen LogP contribution in [0.5, 0.6) is 0 Å². The summed E-state index contributed by atoms with van der Waals surface area (Å²) in [6.07, 6.45) is 2.77. The number of hydrogen-bond donors (Lipinski definition) is 1. The summed E-state index contributed by atoms with van der Waals surface area (Å²) < 4.78 is 0. The molecule has 0 saturated heterocycles. The van der Waals surface area contributed by atoms with Crippen LogP contribution in [0.1, 0.15) is 22.6 Å². The Kier molecular flexibility index (Phi) is 4.66. The molecule has 0 unspecified atom stereocenters. The Morgan fingerprint density at radius 1 is 1.11 bits per heavy atom. The Morgan fingerprint density at radius 2 is 1.84 bits per heavy atom. The maximum Gasteiger partial charge on any atom is 0.0331 e. The van der Waals surface area contributed by atoms with Crippen LogP contribution in [0, 0.1) is 0 Å². The zero-order valence-corrected chi connectivity index (χ0v) is 12.7. The van der Waals surface area contributed by atoms with Gasteiger partial charge in [-0.15, -0.1) is 22.7 Å². The van der Waals surface area contributed by atoms with Gasteiger partial charge in [-0.05, 0) is 35.7 Å². The highest BCUT2D eigenvalue weighted by atomic mass is 32.1. The van der Waals surface area contributed by atoms with Crippen molar-refractivity contribution in [3.05, 3.63) is 44.8 Å². The molecule has 0 spiro atoms. The molecule has 0 aromatic carbocycles. The van der Waals surface area contributed by atoms with Crippen molar-refractivity contribution in [2.45, 2.75) is 32.0 Å². The molecule has 2 aromatic heterocycles. The molecule has 1 fully saturated rings. The summed E-state index contributed by atoms with van der Waals surface area (Å²) >= 11 is 3.70. The second kappa shape index (κ2) is 6.66. The van der Waals surface area contributed by atoms with E-state index in [0.29, 0.717) is 0 Å². The standard InChI is InChI=1S/C15H20N2S2/c1-3-14(18-9-1)11-16-7-8-17(13-5-6-13)12-15-4-2-10-19-15/h1-4,9-10,13,16H,5-8,11-12H2. The number of rotatable bonds is 8. The summed E-state index contributed by atoms with van der Waals surface area (Å²) in [5.41, 5.74) is 0. The van der Waals surface area contributed by atoms with Crippen LogP contribution in [-0.2, 0) is 13.1 Å². The summed E-state index contributed by atoms with van der Waals surface area (Å²) in [5, 5.41) is 7.87. The van der Waals surface area contributed by atoms with Gasteiger partial charge in [-0.1, -0.05) is 12.1 Å². The molecule has 4 heteroatoms. The second-order valence-corrected chi connectivity index (χ2v) is 7.10. The van der Waals surface area contributed by atoms with E-state index in [1.165, 1.54) is 22.6 Å². The molecule has 0 bridgehead atoms. The molecule has 1 aliphatic carbocycles. The zero-order valence-electron chi connectivity index (χ0n) is 11.0. The third kappa shape index (κ3) is 4.14. The highest BCUT2D eigenvalue weighted by Crippen LogP contribution is 2.28. The molecule has 0 atom stereocenters. The van der Waals surface area contributed by atoms with Crippen LogP contribution in [-0.4, -0.2) is 24.0 Å². The minimum atomic E-state index is 0.839. The third-order valence-electron chi connectivity index (χ3n) is 3.46. The molecule has 0 radical (unpaired) electrons. The lowest BCUT2D eigenvalue weighted by Gasteiger charge is -2.21. The lowest BCUT2D eigenvalue weighted by Crippen LogP contribution is -2.32. The van der Waals surface area contributed by atoms with Crippen LogP contribution in [0.3, 0.4) is 0 Å². The van der Waals surface area contributed by atoms with E-state index in [9.17, 15) is 0 Å². The molecular formula is C15H20N2S2. The van der Waals surface area contributed by atoms with Gasteiger partial charge in [-0.3, -0.25) is 4.90 Å². The number of hydrogen-bond acceptors (Lipinski definition) is 4. The SMILES string of the molecule is c1csc(CNCCN(Cc2cccs2)C2CC2)c1. The molecule has 1 N–H and O–H groups in total. The van der Waals surface area contributed by atoms with Crippen LogP contribution in [0.15, 0.2) is 35.0 Å². The Labute approximate surface area is 123 Å². The summed E-state index contributed by atoms with van der Waals surface area (Å²) in [5.74, 6) is 0. The van der Waals surface area contributed by atoms with Crippen LogP contribution >= 0.6 is 22.7 Å². The lowest BCUT2D eigenvalue weighted by atomic mass is 10.3. The maximum atomic E-state index is 3.55. The lowest BCUT2D eigenvalue weighted by molar-refractivity contribution is 0.256. The fourth-order valence-electron chi connectivity index (χ4n) is 2.28. The van der Waals surface area contributed by atoms with Gasteiger partial charge in [0, 0.05) is 42.0 Å². The fourth-order valence-corrected chi connectivity index (χ4v) is 3.68. The van der Waals surface area contributed by atoms with Gasteiger partial charge in [0.1, 0.15) is 0 Å². The molecule has 0 amide bonds. The first-order valence-corrected chi connectivity index (χ1v) is 8.67. The van der Waals surface area contributed by atoms with Gasteiger partial charge >= 0.3 is 0 Å². The molecule has 102 valence electrons. The summed E-state index contributed by atoms with van der Waals surface area (Å²) in [6.45, 7) is 4.38. The van der Waals surface area contributed by atoms with E-state index in [4.69, 9.17) is 0 Å². The van der Waals surface area contributed by atoms with E-state index in [0.717, 1.165) is 32.2 Å². The quantitative estimate of drug-likeness (QED) is 0.748. The maximum absolute atomic E-state index is 3.55. The minimum absolute atomic E-state index is 0.839. The van der Waals surface area contributed by atoms with Gasteiger partial charge in [0.05, 0.1) is 0 Å². The van der Waals surface area contributed by atoms with Crippen molar-refractivity contribution in [3.63, 3.8) is 0 Å². The van der Waals surface area contributed by atoms with E-state index in [-0.39, 0.29) is 0 Å². The van der Waals surface area contributed by atoms with Crippen molar-refractivity contribution in [1.29, 1.82) is 0 Å². The average molecular weight is 292 g/mol. The van der Waals surface area contributed by atoms with Crippen LogP contribution in [0.25, 0.3) is 0 Å². The Hall–Kier alpha value is -0.680. The van der Waals surface area contributed by atoms with Gasteiger partial charge in [-0.25, -0.2) is 0 Å². The van der Waals surface area contributed by atoms with Crippen molar-refractivity contribution in [2.24, 2.45) is 0 Å². The summed E-state index contributed by atoms with van der Waals surface area (Å²) in [4.78, 5) is 5.55. The molecule has 3 rings (SSSR count). The number of nitrogens with zero attached hydrogens (tertiary/aromatic N) is 1. The van der Waals surface area contributed by atoms with Gasteiger partial charge in [0.25, 0.3) is 0 Å². The predicted octanol–water partition coefficient (Wildman–Crippen LogP) is 3.56. The number of thiophene rings is 2. The third-order valence-corrected chi connectivity index (χ3v) is 5.19. The first-order chi connectivity index (χ1) is 9.42. The van der Waals surface area contributed by atoms with Gasteiger partial charge in [0.15, 0.2) is 0 Å². The molecule has 1 saturated carbocycles. The molecule has 0 aliphatic heterocycles. The van der Waals surface area contributed by atoms with E-state index in [1.54, 1.807) is 0 Å². The normalized spacial score (nSPS) is 15.2. The van der Waals surface area contributed by atoms with E-state index in [1.807, 2.05) is 22.7 Å². The van der Waals surface area contributed by atoms with E-state index >= 15 is 0 Å². The average Bonchev–Trinajstić information content (AvgIpc) is 2.92. The van der Waals surface area contributed by atoms with Crippen LogP contribution < -0.4 is 5.32 Å². The smallest absolute Gasteiger partial charge is 0.0331 e. The second-order valence-electron chi connectivity index (χ2n) is 5.04. The fraction of sp³-hybridized carbons (Fsp3) is 0.467. The Morgan fingerprint density at radius 3 is 2.47 bits per heavy atom. The van der Waals surface area contributed by atoms with Crippen molar-refractivity contribution in [2.75, 3.05) is 13.1 Å². The van der Waals surface area contributed by atoms with Crippen LogP contribution in [0.2, 0.25) is 0 Å². The molecule has 2 nitrogen and oxygen atoms in total. The largest absolute Gasteiger partial charge is 0.311 e. The minimum Gasteiger partial charge on any atom is -0.311 e. The van der Waals surface area contributed by atoms with Gasteiger partial charge in [-0.2, -0.15) is 0 Å². The monoisotopic (exact) mass is 292 g/mol. The summed E-state index contributed by atoms with van der Waals surface area (Å²) in [6, 6.07) is 9.56. The Bertz CT molecular complexity index is 460. The molecule has 1 aliphatic rings. The molecule has 19 heavy (non-hydrogen) atoms. The van der Waals surface area contributed by atoms with Crippen molar-refractivity contribution in [3.8, 4) is 0 Å². The van der Waals surface area contributed by atoms with Crippen molar-refractivity contribution in [1.82, 2.24) is 10.2 Å². The van der Waals surface area contributed by atoms with E-state index in [2.05, 4.69) is 45.2 Å².